The average Bonchev–Trinajstić information content (AvgIpc) is 2.53. The first-order chi connectivity index (χ1) is 10.7. The number of hydrogen-bond donors (Lipinski definition) is 0. The van der Waals surface area contributed by atoms with Crippen molar-refractivity contribution in [3.8, 4) is 17.6 Å². The molecule has 0 saturated heterocycles. The van der Waals surface area contributed by atoms with E-state index in [1.54, 1.807) is 7.11 Å². The molecule has 1 aromatic rings. The molecule has 0 atom stereocenters. The normalized spacial score (nSPS) is 9.95. The van der Waals surface area contributed by atoms with Crippen LogP contribution in [0.25, 0.3) is 0 Å². The lowest BCUT2D eigenvalue weighted by molar-refractivity contribution is -0.103. The van der Waals surface area contributed by atoms with Gasteiger partial charge in [-0.1, -0.05) is 51.0 Å². The highest BCUT2D eigenvalue weighted by atomic mass is 79.9. The molecule has 3 heteroatoms. The van der Waals surface area contributed by atoms with Crippen molar-refractivity contribution in [1.29, 1.82) is 0 Å². The lowest BCUT2D eigenvalue weighted by Crippen LogP contribution is -1.98. The zero-order chi connectivity index (χ0) is 16.2. The van der Waals surface area contributed by atoms with Crippen LogP contribution in [-0.2, 0) is 17.6 Å². The Morgan fingerprint density at radius 1 is 1.18 bits per heavy atom. The van der Waals surface area contributed by atoms with Crippen LogP contribution in [0.5, 0.6) is 5.75 Å². The lowest BCUT2D eigenvalue weighted by atomic mass is 9.98. The van der Waals surface area contributed by atoms with Gasteiger partial charge in [0, 0.05) is 6.42 Å². The number of aldehydes is 1. The first-order valence-corrected chi connectivity index (χ1v) is 8.80. The summed E-state index contributed by atoms with van der Waals surface area (Å²) in [5.74, 6) is 6.20. The SMILES string of the molecule is CCCCCCCCc1ccc(OC)c(Br)c1CC#CC=O. The first kappa shape index (κ1) is 18.8. The number of methoxy groups -OCH3 is 1. The van der Waals surface area contributed by atoms with Gasteiger partial charge < -0.3 is 4.74 Å². The predicted octanol–water partition coefficient (Wildman–Crippen LogP) is 5.11. The van der Waals surface area contributed by atoms with Gasteiger partial charge in [0.2, 0.25) is 0 Å². The number of benzene rings is 1. The molecule has 0 aromatic heterocycles. The molecular weight excluding hydrogens is 340 g/mol. The summed E-state index contributed by atoms with van der Waals surface area (Å²) in [4.78, 5) is 10.4. The number of carbonyl (C=O) groups is 1. The molecule has 2 nitrogen and oxygen atoms in total. The van der Waals surface area contributed by atoms with E-state index in [9.17, 15) is 4.79 Å². The topological polar surface area (TPSA) is 26.3 Å². The fourth-order valence-electron chi connectivity index (χ4n) is 2.50. The summed E-state index contributed by atoms with van der Waals surface area (Å²) in [6.45, 7) is 2.24. The molecule has 1 aromatic carbocycles. The van der Waals surface area contributed by atoms with Crippen molar-refractivity contribution < 1.29 is 9.53 Å². The van der Waals surface area contributed by atoms with Gasteiger partial charge in [-0.2, -0.15) is 0 Å². The molecule has 0 amide bonds. The molecule has 0 aliphatic rings. The highest BCUT2D eigenvalue weighted by Crippen LogP contribution is 2.32. The number of aryl methyl sites for hydroxylation is 1. The highest BCUT2D eigenvalue weighted by Gasteiger charge is 2.11. The summed E-state index contributed by atoms with van der Waals surface area (Å²) in [6, 6.07) is 4.11. The smallest absolute Gasteiger partial charge is 0.192 e. The van der Waals surface area contributed by atoms with Crippen molar-refractivity contribution >= 4 is 22.2 Å². The van der Waals surface area contributed by atoms with Crippen molar-refractivity contribution in [2.75, 3.05) is 7.11 Å². The maximum atomic E-state index is 10.4. The van der Waals surface area contributed by atoms with E-state index >= 15 is 0 Å². The van der Waals surface area contributed by atoms with Crippen LogP contribution >= 0.6 is 15.9 Å². The van der Waals surface area contributed by atoms with Crippen molar-refractivity contribution in [2.45, 2.75) is 58.3 Å². The number of hydrogen-bond acceptors (Lipinski definition) is 2. The average molecular weight is 365 g/mol. The van der Waals surface area contributed by atoms with Crippen molar-refractivity contribution in [3.63, 3.8) is 0 Å². The van der Waals surface area contributed by atoms with Crippen molar-refractivity contribution in [3.05, 3.63) is 27.7 Å². The summed E-state index contributed by atoms with van der Waals surface area (Å²) < 4.78 is 6.31. The van der Waals surface area contributed by atoms with E-state index in [2.05, 4.69) is 40.8 Å². The molecule has 22 heavy (non-hydrogen) atoms. The molecule has 120 valence electrons. The minimum absolute atomic E-state index is 0.571. The Balaban J connectivity index is 2.71. The minimum Gasteiger partial charge on any atom is -0.496 e. The van der Waals surface area contributed by atoms with Crippen LogP contribution in [0.15, 0.2) is 16.6 Å². The zero-order valence-electron chi connectivity index (χ0n) is 13.6. The Kier molecular flexibility index (Phi) is 9.66. The Bertz CT molecular complexity index is 526. The summed E-state index contributed by atoms with van der Waals surface area (Å²) in [6.07, 6.45) is 9.98. The van der Waals surface area contributed by atoms with E-state index in [0.29, 0.717) is 12.7 Å². The fourth-order valence-corrected chi connectivity index (χ4v) is 3.19. The monoisotopic (exact) mass is 364 g/mol. The van der Waals surface area contributed by atoms with Crippen LogP contribution in [0.1, 0.15) is 56.6 Å². The number of unbranched alkanes of at least 4 members (excludes halogenated alkanes) is 5. The second-order valence-corrected chi connectivity index (χ2v) is 6.15. The van der Waals surface area contributed by atoms with Gasteiger partial charge in [-0.15, -0.1) is 0 Å². The van der Waals surface area contributed by atoms with Gasteiger partial charge in [0.05, 0.1) is 11.6 Å². The quantitative estimate of drug-likeness (QED) is 0.346. The van der Waals surface area contributed by atoms with E-state index in [1.807, 2.05) is 6.07 Å². The van der Waals surface area contributed by atoms with Gasteiger partial charge in [0.1, 0.15) is 5.75 Å². The number of halogens is 1. The van der Waals surface area contributed by atoms with Gasteiger partial charge in [-0.05, 0) is 51.9 Å². The maximum Gasteiger partial charge on any atom is 0.192 e. The molecule has 0 spiro atoms. The molecule has 0 aliphatic heterocycles. The third-order valence-electron chi connectivity index (χ3n) is 3.75. The van der Waals surface area contributed by atoms with E-state index in [4.69, 9.17) is 4.74 Å². The second kappa shape index (κ2) is 11.3. The van der Waals surface area contributed by atoms with Crippen LogP contribution in [0, 0.1) is 11.8 Å². The van der Waals surface area contributed by atoms with Crippen LogP contribution in [0.3, 0.4) is 0 Å². The summed E-state index contributed by atoms with van der Waals surface area (Å²) >= 11 is 3.61. The summed E-state index contributed by atoms with van der Waals surface area (Å²) in [5, 5.41) is 0. The second-order valence-electron chi connectivity index (χ2n) is 5.35. The standard InChI is InChI=1S/C19H25BrO2/c1-3-4-5-6-7-8-11-16-13-14-18(22-2)19(20)17(16)12-9-10-15-21/h13-15H,3-8,11-12H2,1-2H3. The largest absolute Gasteiger partial charge is 0.496 e. The van der Waals surface area contributed by atoms with Gasteiger partial charge in [-0.25, -0.2) is 0 Å². The summed E-state index contributed by atoms with van der Waals surface area (Å²) in [7, 11) is 1.66. The van der Waals surface area contributed by atoms with Gasteiger partial charge in [0.15, 0.2) is 6.29 Å². The highest BCUT2D eigenvalue weighted by molar-refractivity contribution is 9.10. The molecule has 0 aliphatic carbocycles. The Labute approximate surface area is 142 Å². The van der Waals surface area contributed by atoms with E-state index in [1.165, 1.54) is 44.1 Å². The van der Waals surface area contributed by atoms with Crippen LogP contribution in [0.4, 0.5) is 0 Å². The molecule has 0 heterocycles. The minimum atomic E-state index is 0.571. The maximum absolute atomic E-state index is 10.4. The fraction of sp³-hybridized carbons (Fsp3) is 0.526. The van der Waals surface area contributed by atoms with Crippen molar-refractivity contribution in [2.24, 2.45) is 0 Å². The van der Waals surface area contributed by atoms with Gasteiger partial charge in [0.25, 0.3) is 0 Å². The van der Waals surface area contributed by atoms with E-state index < -0.39 is 0 Å². The number of ether oxygens (including phenoxy) is 1. The Hall–Kier alpha value is -1.27. The third kappa shape index (κ3) is 6.23. The first-order valence-electron chi connectivity index (χ1n) is 8.00. The molecule has 0 N–H and O–H groups in total. The zero-order valence-corrected chi connectivity index (χ0v) is 15.2. The molecule has 0 saturated carbocycles. The molecule has 0 unspecified atom stereocenters. The molecule has 0 fully saturated rings. The Morgan fingerprint density at radius 3 is 2.59 bits per heavy atom. The van der Waals surface area contributed by atoms with Gasteiger partial charge >= 0.3 is 0 Å². The Morgan fingerprint density at radius 2 is 1.91 bits per heavy atom. The molecular formula is C19H25BrO2. The number of carbonyl (C=O) groups excluding carboxylic acids is 1. The van der Waals surface area contributed by atoms with E-state index in [-0.39, 0.29) is 0 Å². The predicted molar refractivity (Wildman–Crippen MR) is 95.3 cm³/mol. The van der Waals surface area contributed by atoms with Crippen molar-refractivity contribution in [1.82, 2.24) is 0 Å². The van der Waals surface area contributed by atoms with E-state index in [0.717, 1.165) is 22.2 Å². The van der Waals surface area contributed by atoms with Crippen LogP contribution in [-0.4, -0.2) is 13.4 Å². The summed E-state index contributed by atoms with van der Waals surface area (Å²) in [5.41, 5.74) is 2.44. The van der Waals surface area contributed by atoms with Crippen LogP contribution in [0.2, 0.25) is 0 Å². The van der Waals surface area contributed by atoms with Crippen LogP contribution < -0.4 is 4.74 Å². The molecule has 0 radical (unpaired) electrons. The lowest BCUT2D eigenvalue weighted by Gasteiger charge is -2.13. The number of rotatable bonds is 9. The molecule has 1 rings (SSSR count). The van der Waals surface area contributed by atoms with Gasteiger partial charge in [-0.3, -0.25) is 4.79 Å². The molecule has 0 bridgehead atoms. The third-order valence-corrected chi connectivity index (χ3v) is 4.62.